The molecule has 5 nitrogen and oxygen atoms in total. The van der Waals surface area contributed by atoms with Crippen LogP contribution in [-0.4, -0.2) is 16.0 Å². The van der Waals surface area contributed by atoms with Crippen molar-refractivity contribution in [3.05, 3.63) is 77.6 Å². The molecule has 0 aliphatic carbocycles. The first-order valence-electron chi connectivity index (χ1n) is 7.54. The van der Waals surface area contributed by atoms with E-state index in [0.717, 1.165) is 15.6 Å². The lowest BCUT2D eigenvalue weighted by molar-refractivity contribution is 0.251. The van der Waals surface area contributed by atoms with E-state index >= 15 is 0 Å². The van der Waals surface area contributed by atoms with Crippen LogP contribution in [0.4, 0.5) is 10.5 Å². The molecule has 0 radical (unpaired) electrons. The fourth-order valence-electron chi connectivity index (χ4n) is 2.05. The van der Waals surface area contributed by atoms with Gasteiger partial charge in [0, 0.05) is 29.6 Å². The molecule has 2 N–H and O–H groups in total. The molecule has 0 unspecified atom stereocenters. The standard InChI is InChI=1S/C18H15ClN4OS/c19-15-6-2-1-5-13(15)12-22-18(24)23-14-8-10-21-17(11-14)25-16-7-3-4-9-20-16/h1-11H,12H2,(H2,21,22,23,24). The highest BCUT2D eigenvalue weighted by molar-refractivity contribution is 7.99. The summed E-state index contributed by atoms with van der Waals surface area (Å²) in [7, 11) is 0. The van der Waals surface area contributed by atoms with Crippen molar-refractivity contribution in [3.63, 3.8) is 0 Å². The molecule has 3 aromatic rings. The van der Waals surface area contributed by atoms with Crippen LogP contribution in [0.25, 0.3) is 0 Å². The van der Waals surface area contributed by atoms with E-state index in [0.29, 0.717) is 17.3 Å². The summed E-state index contributed by atoms with van der Waals surface area (Å²) in [6.07, 6.45) is 3.38. The van der Waals surface area contributed by atoms with Crippen molar-refractivity contribution in [2.75, 3.05) is 5.32 Å². The maximum Gasteiger partial charge on any atom is 0.319 e. The third-order valence-corrected chi connectivity index (χ3v) is 4.49. The monoisotopic (exact) mass is 370 g/mol. The molecule has 1 aromatic carbocycles. The number of urea groups is 1. The molecule has 0 spiro atoms. The topological polar surface area (TPSA) is 66.9 Å². The molecule has 2 amide bonds. The van der Waals surface area contributed by atoms with Gasteiger partial charge in [-0.25, -0.2) is 14.8 Å². The Morgan fingerprint density at radius 2 is 1.80 bits per heavy atom. The fraction of sp³-hybridized carbons (Fsp3) is 0.0556. The van der Waals surface area contributed by atoms with Crippen LogP contribution in [0.15, 0.2) is 77.0 Å². The van der Waals surface area contributed by atoms with Crippen molar-refractivity contribution in [2.45, 2.75) is 16.6 Å². The van der Waals surface area contributed by atoms with Gasteiger partial charge in [-0.3, -0.25) is 0 Å². The number of rotatable bonds is 5. The molecule has 7 heteroatoms. The molecule has 0 aliphatic rings. The number of hydrogen-bond acceptors (Lipinski definition) is 4. The number of nitrogens with one attached hydrogen (secondary N) is 2. The van der Waals surface area contributed by atoms with Crippen molar-refractivity contribution in [1.29, 1.82) is 0 Å². The van der Waals surface area contributed by atoms with Gasteiger partial charge >= 0.3 is 6.03 Å². The van der Waals surface area contributed by atoms with Gasteiger partial charge in [0.2, 0.25) is 0 Å². The van der Waals surface area contributed by atoms with Crippen LogP contribution < -0.4 is 10.6 Å². The number of pyridine rings is 2. The van der Waals surface area contributed by atoms with Crippen LogP contribution in [0.3, 0.4) is 0 Å². The summed E-state index contributed by atoms with van der Waals surface area (Å²) in [5, 5.41) is 7.80. The highest BCUT2D eigenvalue weighted by Gasteiger charge is 2.06. The summed E-state index contributed by atoms with van der Waals surface area (Å²) >= 11 is 7.51. The molecule has 2 aromatic heterocycles. The van der Waals surface area contributed by atoms with E-state index in [1.807, 2.05) is 36.4 Å². The second-order valence-corrected chi connectivity index (χ2v) is 6.50. The molecule has 0 bridgehead atoms. The zero-order valence-corrected chi connectivity index (χ0v) is 14.7. The Bertz CT molecular complexity index is 860. The molecule has 0 atom stereocenters. The molecule has 3 rings (SSSR count). The third kappa shape index (κ3) is 5.20. The predicted molar refractivity (Wildman–Crippen MR) is 99.9 cm³/mol. The lowest BCUT2D eigenvalue weighted by Crippen LogP contribution is -2.28. The van der Waals surface area contributed by atoms with Crippen LogP contribution in [0.2, 0.25) is 5.02 Å². The second kappa shape index (κ2) is 8.50. The number of amides is 2. The average Bonchev–Trinajstić information content (AvgIpc) is 2.62. The van der Waals surface area contributed by atoms with E-state index < -0.39 is 0 Å². The maximum absolute atomic E-state index is 12.1. The molecule has 2 heterocycles. The van der Waals surface area contributed by atoms with E-state index in [9.17, 15) is 4.79 Å². The second-order valence-electron chi connectivity index (χ2n) is 5.05. The van der Waals surface area contributed by atoms with E-state index in [4.69, 9.17) is 11.6 Å². The van der Waals surface area contributed by atoms with Gasteiger partial charge in [0.05, 0.1) is 0 Å². The normalized spacial score (nSPS) is 10.3. The number of carbonyl (C=O) groups is 1. The minimum Gasteiger partial charge on any atom is -0.334 e. The molecule has 0 fully saturated rings. The Balaban J connectivity index is 1.58. The van der Waals surface area contributed by atoms with Crippen LogP contribution in [0, 0.1) is 0 Å². The maximum atomic E-state index is 12.1. The molecule has 25 heavy (non-hydrogen) atoms. The zero-order chi connectivity index (χ0) is 17.5. The molecular weight excluding hydrogens is 356 g/mol. The lowest BCUT2D eigenvalue weighted by Gasteiger charge is -2.09. The predicted octanol–water partition coefficient (Wildman–Crippen LogP) is 4.60. The number of aromatic nitrogens is 2. The Morgan fingerprint density at radius 3 is 2.60 bits per heavy atom. The Hall–Kier alpha value is -2.57. The largest absolute Gasteiger partial charge is 0.334 e. The number of nitrogens with zero attached hydrogens (tertiary/aromatic N) is 2. The van der Waals surface area contributed by atoms with Crippen LogP contribution in [0.5, 0.6) is 0 Å². The summed E-state index contributed by atoms with van der Waals surface area (Å²) in [5.41, 5.74) is 1.52. The van der Waals surface area contributed by atoms with Gasteiger partial charge in [-0.2, -0.15) is 0 Å². The highest BCUT2D eigenvalue weighted by Crippen LogP contribution is 2.25. The minimum absolute atomic E-state index is 0.306. The van der Waals surface area contributed by atoms with Crippen molar-refractivity contribution in [2.24, 2.45) is 0 Å². The number of halogens is 1. The fourth-order valence-corrected chi connectivity index (χ4v) is 3.03. The highest BCUT2D eigenvalue weighted by atomic mass is 35.5. The quantitative estimate of drug-likeness (QED) is 0.688. The Morgan fingerprint density at radius 1 is 1.00 bits per heavy atom. The van der Waals surface area contributed by atoms with E-state index in [-0.39, 0.29) is 6.03 Å². The molecule has 0 saturated carbocycles. The summed E-state index contributed by atoms with van der Waals surface area (Å²) < 4.78 is 0. The Labute approximate surface area is 154 Å². The van der Waals surface area contributed by atoms with Crippen LogP contribution in [-0.2, 0) is 6.54 Å². The van der Waals surface area contributed by atoms with E-state index in [1.165, 1.54) is 11.8 Å². The van der Waals surface area contributed by atoms with Crippen LogP contribution >= 0.6 is 23.4 Å². The van der Waals surface area contributed by atoms with Gasteiger partial charge in [0.15, 0.2) is 0 Å². The van der Waals surface area contributed by atoms with Gasteiger partial charge in [-0.1, -0.05) is 47.6 Å². The number of benzene rings is 1. The summed E-state index contributed by atoms with van der Waals surface area (Å²) in [6, 6.07) is 16.3. The van der Waals surface area contributed by atoms with Crippen molar-refractivity contribution in [3.8, 4) is 0 Å². The first-order valence-corrected chi connectivity index (χ1v) is 8.73. The third-order valence-electron chi connectivity index (χ3n) is 3.24. The van der Waals surface area contributed by atoms with Gasteiger partial charge in [0.25, 0.3) is 0 Å². The molecule has 126 valence electrons. The lowest BCUT2D eigenvalue weighted by atomic mass is 10.2. The summed E-state index contributed by atoms with van der Waals surface area (Å²) in [5.74, 6) is 0. The minimum atomic E-state index is -0.306. The number of anilines is 1. The van der Waals surface area contributed by atoms with Crippen molar-refractivity contribution in [1.82, 2.24) is 15.3 Å². The van der Waals surface area contributed by atoms with Gasteiger partial charge < -0.3 is 10.6 Å². The summed E-state index contributed by atoms with van der Waals surface area (Å²) in [6.45, 7) is 0.353. The average molecular weight is 371 g/mol. The van der Waals surface area contributed by atoms with Gasteiger partial charge in [-0.05, 0) is 35.9 Å². The zero-order valence-electron chi connectivity index (χ0n) is 13.1. The SMILES string of the molecule is O=C(NCc1ccccc1Cl)Nc1ccnc(Sc2ccccn2)c1. The van der Waals surface area contributed by atoms with E-state index in [1.54, 1.807) is 30.6 Å². The summed E-state index contributed by atoms with van der Waals surface area (Å²) in [4.78, 5) is 20.6. The van der Waals surface area contributed by atoms with Crippen LogP contribution in [0.1, 0.15) is 5.56 Å². The van der Waals surface area contributed by atoms with E-state index in [2.05, 4.69) is 20.6 Å². The first kappa shape index (κ1) is 17.3. The molecule has 0 aliphatic heterocycles. The number of hydrogen-bond donors (Lipinski definition) is 2. The molecular formula is C18H15ClN4OS. The Kier molecular flexibility index (Phi) is 5.87. The van der Waals surface area contributed by atoms with Gasteiger partial charge in [0.1, 0.15) is 10.1 Å². The van der Waals surface area contributed by atoms with Gasteiger partial charge in [-0.15, -0.1) is 0 Å². The van der Waals surface area contributed by atoms with Crippen molar-refractivity contribution < 1.29 is 4.79 Å². The number of carbonyl (C=O) groups excluding carboxylic acids is 1. The molecule has 0 saturated heterocycles. The van der Waals surface area contributed by atoms with Crippen molar-refractivity contribution >= 4 is 35.1 Å². The smallest absolute Gasteiger partial charge is 0.319 e. The first-order chi connectivity index (χ1) is 12.2.